The highest BCUT2D eigenvalue weighted by molar-refractivity contribution is 5.91. The normalized spacial score (nSPS) is 22.6. The molecule has 1 aliphatic heterocycles. The fourth-order valence-corrected chi connectivity index (χ4v) is 3.89. The number of carboxylic acid groups (broad SMARTS) is 1. The van der Waals surface area contributed by atoms with E-state index in [0.717, 1.165) is 0 Å². The van der Waals surface area contributed by atoms with E-state index in [2.05, 4.69) is 0 Å². The summed E-state index contributed by atoms with van der Waals surface area (Å²) >= 11 is 0. The van der Waals surface area contributed by atoms with Crippen LogP contribution in [-0.2, 0) is 28.5 Å². The summed E-state index contributed by atoms with van der Waals surface area (Å²) < 4.78 is 27.7. The molecule has 4 rings (SSSR count). The van der Waals surface area contributed by atoms with Gasteiger partial charge in [-0.3, -0.25) is 0 Å². The Kier molecular flexibility index (Phi) is 8.47. The van der Waals surface area contributed by atoms with E-state index in [0.29, 0.717) is 0 Å². The van der Waals surface area contributed by atoms with Crippen LogP contribution in [0.4, 0.5) is 0 Å². The van der Waals surface area contributed by atoms with Crippen molar-refractivity contribution < 1.29 is 48.0 Å². The Morgan fingerprint density at radius 2 is 0.974 bits per heavy atom. The van der Waals surface area contributed by atoms with Gasteiger partial charge in [-0.05, 0) is 36.4 Å². The molecule has 0 bridgehead atoms. The Hall–Kier alpha value is -4.54. The molecular weight excluding hydrogens is 496 g/mol. The Labute approximate surface area is 217 Å². The van der Waals surface area contributed by atoms with E-state index in [1.54, 1.807) is 54.6 Å². The number of carboxylic acids is 1. The summed E-state index contributed by atoms with van der Waals surface area (Å²) in [6.45, 7) is 0. The van der Waals surface area contributed by atoms with Gasteiger partial charge in [0.15, 0.2) is 30.7 Å². The lowest BCUT2D eigenvalue weighted by molar-refractivity contribution is -0.285. The van der Waals surface area contributed by atoms with Gasteiger partial charge >= 0.3 is 23.9 Å². The van der Waals surface area contributed by atoms with E-state index in [9.17, 15) is 24.3 Å². The molecule has 3 aromatic carbocycles. The highest BCUT2D eigenvalue weighted by Gasteiger charge is 2.55. The van der Waals surface area contributed by atoms with Gasteiger partial charge in [0.25, 0.3) is 0 Å². The highest BCUT2D eigenvalue weighted by Crippen LogP contribution is 2.31. The Morgan fingerprint density at radius 1 is 0.605 bits per heavy atom. The first-order valence-electron chi connectivity index (χ1n) is 11.6. The number of methoxy groups -OCH3 is 1. The van der Waals surface area contributed by atoms with Gasteiger partial charge in [0, 0.05) is 7.11 Å². The molecule has 0 saturated carbocycles. The minimum atomic E-state index is -1.81. The zero-order chi connectivity index (χ0) is 27.1. The first-order chi connectivity index (χ1) is 18.4. The number of rotatable bonds is 8. The second-order valence-corrected chi connectivity index (χ2v) is 8.21. The Balaban J connectivity index is 1.72. The average molecular weight is 520 g/mol. The third kappa shape index (κ3) is 6.05. The summed E-state index contributed by atoms with van der Waals surface area (Å²) in [6, 6.07) is 23.7. The van der Waals surface area contributed by atoms with Crippen molar-refractivity contribution in [2.45, 2.75) is 30.7 Å². The largest absolute Gasteiger partial charge is 0.479 e. The quantitative estimate of drug-likeness (QED) is 0.349. The second kappa shape index (κ2) is 12.1. The van der Waals surface area contributed by atoms with E-state index in [1.165, 1.54) is 43.5 Å². The molecule has 0 radical (unpaired) electrons. The third-order valence-corrected chi connectivity index (χ3v) is 5.73. The van der Waals surface area contributed by atoms with Crippen molar-refractivity contribution in [2.24, 2.45) is 0 Å². The van der Waals surface area contributed by atoms with Gasteiger partial charge in [-0.25, -0.2) is 19.2 Å². The Bertz CT molecular complexity index is 1260. The zero-order valence-corrected chi connectivity index (χ0v) is 20.2. The lowest BCUT2D eigenvalue weighted by atomic mass is 9.97. The molecule has 0 aromatic heterocycles. The Morgan fingerprint density at radius 3 is 1.34 bits per heavy atom. The molecule has 3 aromatic rings. The number of ether oxygens (including phenoxy) is 5. The molecule has 1 aliphatic rings. The molecule has 1 N–H and O–H groups in total. The van der Waals surface area contributed by atoms with Crippen LogP contribution in [0.25, 0.3) is 0 Å². The average Bonchev–Trinajstić information content (AvgIpc) is 2.95. The van der Waals surface area contributed by atoms with Gasteiger partial charge in [0.2, 0.25) is 0 Å². The zero-order valence-electron chi connectivity index (χ0n) is 20.2. The summed E-state index contributed by atoms with van der Waals surface area (Å²) in [6.07, 6.45) is -8.09. The van der Waals surface area contributed by atoms with Gasteiger partial charge in [-0.15, -0.1) is 0 Å². The van der Waals surface area contributed by atoms with Gasteiger partial charge in [0.1, 0.15) is 0 Å². The molecular formula is C28H24O10. The van der Waals surface area contributed by atoms with Crippen molar-refractivity contribution >= 4 is 23.9 Å². The molecule has 0 spiro atoms. The molecule has 1 heterocycles. The van der Waals surface area contributed by atoms with E-state index in [4.69, 9.17) is 23.7 Å². The van der Waals surface area contributed by atoms with Crippen LogP contribution in [0.3, 0.4) is 0 Å². The van der Waals surface area contributed by atoms with Gasteiger partial charge in [-0.2, -0.15) is 0 Å². The maximum Gasteiger partial charge on any atom is 0.338 e. The van der Waals surface area contributed by atoms with Crippen LogP contribution >= 0.6 is 0 Å². The summed E-state index contributed by atoms with van der Waals surface area (Å²) in [5, 5.41) is 9.90. The van der Waals surface area contributed by atoms with Crippen LogP contribution in [0.1, 0.15) is 31.1 Å². The third-order valence-electron chi connectivity index (χ3n) is 5.73. The summed E-state index contributed by atoms with van der Waals surface area (Å²) in [4.78, 5) is 51.1. The summed E-state index contributed by atoms with van der Waals surface area (Å²) in [7, 11) is 1.21. The molecule has 1 saturated heterocycles. The van der Waals surface area contributed by atoms with Crippen molar-refractivity contribution in [3.8, 4) is 0 Å². The first-order valence-corrected chi connectivity index (χ1v) is 11.6. The topological polar surface area (TPSA) is 135 Å². The maximum atomic E-state index is 13.1. The number of aliphatic carboxylic acids is 1. The monoisotopic (exact) mass is 520 g/mol. The number of carbonyl (C=O) groups is 4. The van der Waals surface area contributed by atoms with Crippen molar-refractivity contribution in [3.05, 3.63) is 108 Å². The fourth-order valence-electron chi connectivity index (χ4n) is 3.89. The van der Waals surface area contributed by atoms with Crippen molar-refractivity contribution in [2.75, 3.05) is 7.11 Å². The maximum absolute atomic E-state index is 13.1. The molecule has 196 valence electrons. The van der Waals surface area contributed by atoms with E-state index >= 15 is 0 Å². The van der Waals surface area contributed by atoms with Crippen LogP contribution in [-0.4, -0.2) is 66.8 Å². The predicted octanol–water partition coefficient (Wildman–Crippen LogP) is 3.12. The molecule has 38 heavy (non-hydrogen) atoms. The molecule has 5 atom stereocenters. The van der Waals surface area contributed by atoms with Crippen molar-refractivity contribution in [3.63, 3.8) is 0 Å². The van der Waals surface area contributed by atoms with E-state index < -0.39 is 54.6 Å². The summed E-state index contributed by atoms with van der Waals surface area (Å²) in [5.41, 5.74) is 0.436. The molecule has 10 nitrogen and oxygen atoms in total. The van der Waals surface area contributed by atoms with Gasteiger partial charge in [-0.1, -0.05) is 54.6 Å². The van der Waals surface area contributed by atoms with Crippen LogP contribution in [0, 0.1) is 0 Å². The number of hydrogen-bond donors (Lipinski definition) is 1. The van der Waals surface area contributed by atoms with Crippen LogP contribution in [0.2, 0.25) is 0 Å². The fraction of sp³-hybridized carbons (Fsp3) is 0.214. The minimum Gasteiger partial charge on any atom is -0.479 e. The number of hydrogen-bond acceptors (Lipinski definition) is 9. The van der Waals surface area contributed by atoms with Crippen molar-refractivity contribution in [1.82, 2.24) is 0 Å². The van der Waals surface area contributed by atoms with Gasteiger partial charge < -0.3 is 28.8 Å². The van der Waals surface area contributed by atoms with Crippen LogP contribution in [0.15, 0.2) is 91.0 Å². The van der Waals surface area contributed by atoms with Crippen LogP contribution in [0.5, 0.6) is 0 Å². The van der Waals surface area contributed by atoms with Crippen LogP contribution < -0.4 is 0 Å². The number of benzene rings is 3. The summed E-state index contributed by atoms with van der Waals surface area (Å²) in [5.74, 6) is -4.08. The lowest BCUT2D eigenvalue weighted by Crippen LogP contribution is -2.63. The van der Waals surface area contributed by atoms with E-state index in [-0.39, 0.29) is 16.7 Å². The van der Waals surface area contributed by atoms with Gasteiger partial charge in [0.05, 0.1) is 16.7 Å². The minimum absolute atomic E-state index is 0.122. The molecule has 0 amide bonds. The molecule has 0 aliphatic carbocycles. The molecule has 0 unspecified atom stereocenters. The second-order valence-electron chi connectivity index (χ2n) is 8.21. The van der Waals surface area contributed by atoms with E-state index in [1.807, 2.05) is 0 Å². The lowest BCUT2D eigenvalue weighted by Gasteiger charge is -2.42. The van der Waals surface area contributed by atoms with Crippen molar-refractivity contribution in [1.29, 1.82) is 0 Å². The molecule has 10 heteroatoms. The standard InChI is InChI=1S/C28H24O10/c1-34-28-23(37-27(33)19-15-9-4-10-16-19)21(36-26(32)18-13-7-3-8-14-18)20(22(38-28)24(29)30)35-25(31)17-11-5-2-6-12-17/h2-16,20-23,28H,1H3,(H,29,30)/t20-,21+,22+,23-,28+/m1/s1. The predicted molar refractivity (Wildman–Crippen MR) is 130 cm³/mol. The first kappa shape index (κ1) is 26.5. The number of esters is 3. The molecule has 1 fully saturated rings. The SMILES string of the molecule is CO[C@H]1O[C@H](C(=O)O)[C@H](OC(=O)c2ccccc2)[C@H](OC(=O)c2ccccc2)[C@H]1OC(=O)c1ccccc1. The highest BCUT2D eigenvalue weighted by atomic mass is 16.7. The smallest absolute Gasteiger partial charge is 0.338 e. The number of carbonyl (C=O) groups excluding carboxylic acids is 3.